The number of aromatic amines is 1. The second-order valence-corrected chi connectivity index (χ2v) is 5.56. The first-order valence-corrected chi connectivity index (χ1v) is 7.17. The summed E-state index contributed by atoms with van der Waals surface area (Å²) in [5.74, 6) is 0.0573. The van der Waals surface area contributed by atoms with E-state index in [2.05, 4.69) is 10.2 Å². The Morgan fingerprint density at radius 2 is 2.35 bits per heavy atom. The van der Waals surface area contributed by atoms with Crippen LogP contribution in [0.1, 0.15) is 36.5 Å². The second kappa shape index (κ2) is 5.25. The Kier molecular flexibility index (Phi) is 3.44. The molecule has 0 bridgehead atoms. The molecule has 0 aliphatic carbocycles. The van der Waals surface area contributed by atoms with E-state index in [-0.39, 0.29) is 18.0 Å². The summed E-state index contributed by atoms with van der Waals surface area (Å²) >= 11 is 0. The number of carbonyl (C=O) groups is 1. The van der Waals surface area contributed by atoms with Crippen LogP contribution in [-0.2, 0) is 0 Å². The number of benzene rings is 1. The zero-order chi connectivity index (χ0) is 14.1. The first-order chi connectivity index (χ1) is 9.68. The minimum Gasteiger partial charge on any atom is -0.334 e. The standard InChI is InChI=1S/C15H20N4O/c1-10(16)13-7-2-3-8-19(13)15(20)12-6-4-5-11-9-17-18-14(11)12/h4-6,9-10,13H,2-3,7-8,16H2,1H3,(H,17,18). The molecule has 1 aromatic carbocycles. The van der Waals surface area contributed by atoms with E-state index in [1.807, 2.05) is 30.0 Å². The number of H-pyrrole nitrogens is 1. The summed E-state index contributed by atoms with van der Waals surface area (Å²) < 4.78 is 0. The van der Waals surface area contributed by atoms with Gasteiger partial charge in [0.15, 0.2) is 0 Å². The molecule has 0 radical (unpaired) electrons. The molecule has 3 rings (SSSR count). The van der Waals surface area contributed by atoms with Gasteiger partial charge in [0.1, 0.15) is 0 Å². The highest BCUT2D eigenvalue weighted by Gasteiger charge is 2.30. The SMILES string of the molecule is CC(N)C1CCCCN1C(=O)c1cccc2cn[nH]c12. The van der Waals surface area contributed by atoms with Gasteiger partial charge >= 0.3 is 0 Å². The Morgan fingerprint density at radius 3 is 3.15 bits per heavy atom. The lowest BCUT2D eigenvalue weighted by molar-refractivity contribution is 0.0585. The fourth-order valence-corrected chi connectivity index (χ4v) is 3.06. The van der Waals surface area contributed by atoms with Crippen LogP contribution in [0, 0.1) is 0 Å². The number of carbonyl (C=O) groups excluding carboxylic acids is 1. The van der Waals surface area contributed by atoms with Crippen molar-refractivity contribution in [3.8, 4) is 0 Å². The topological polar surface area (TPSA) is 75.0 Å². The van der Waals surface area contributed by atoms with Crippen LogP contribution in [-0.4, -0.2) is 39.6 Å². The molecular formula is C15H20N4O. The average Bonchev–Trinajstić information content (AvgIpc) is 2.94. The summed E-state index contributed by atoms with van der Waals surface area (Å²) in [5.41, 5.74) is 7.55. The van der Waals surface area contributed by atoms with E-state index in [0.29, 0.717) is 5.56 Å². The van der Waals surface area contributed by atoms with Crippen molar-refractivity contribution in [3.05, 3.63) is 30.0 Å². The van der Waals surface area contributed by atoms with Crippen LogP contribution in [0.3, 0.4) is 0 Å². The van der Waals surface area contributed by atoms with Crippen molar-refractivity contribution >= 4 is 16.8 Å². The molecule has 0 saturated carbocycles. The summed E-state index contributed by atoms with van der Waals surface area (Å²) in [6, 6.07) is 5.84. The minimum absolute atomic E-state index is 0.000204. The smallest absolute Gasteiger partial charge is 0.256 e. The monoisotopic (exact) mass is 272 g/mol. The summed E-state index contributed by atoms with van der Waals surface area (Å²) in [4.78, 5) is 14.8. The third-order valence-corrected chi connectivity index (χ3v) is 4.12. The molecule has 1 amide bonds. The second-order valence-electron chi connectivity index (χ2n) is 5.56. The van der Waals surface area contributed by atoms with Crippen LogP contribution in [0.15, 0.2) is 24.4 Å². The lowest BCUT2D eigenvalue weighted by atomic mass is 9.95. The quantitative estimate of drug-likeness (QED) is 0.876. The molecule has 1 aliphatic rings. The summed E-state index contributed by atoms with van der Waals surface area (Å²) in [6.45, 7) is 2.77. The molecule has 3 N–H and O–H groups in total. The number of nitrogens with zero attached hydrogens (tertiary/aromatic N) is 2. The zero-order valence-electron chi connectivity index (χ0n) is 11.7. The lowest BCUT2D eigenvalue weighted by Crippen LogP contribution is -2.51. The number of hydrogen-bond donors (Lipinski definition) is 2. The van der Waals surface area contributed by atoms with Crippen molar-refractivity contribution in [1.82, 2.24) is 15.1 Å². The molecule has 1 saturated heterocycles. The van der Waals surface area contributed by atoms with E-state index < -0.39 is 0 Å². The number of rotatable bonds is 2. The number of fused-ring (bicyclic) bond motifs is 1. The largest absolute Gasteiger partial charge is 0.334 e. The van der Waals surface area contributed by atoms with Gasteiger partial charge in [0.05, 0.1) is 17.3 Å². The molecule has 106 valence electrons. The van der Waals surface area contributed by atoms with Crippen molar-refractivity contribution in [2.45, 2.75) is 38.3 Å². The maximum absolute atomic E-state index is 12.8. The summed E-state index contributed by atoms with van der Waals surface area (Å²) in [7, 11) is 0. The number of piperidine rings is 1. The van der Waals surface area contributed by atoms with Gasteiger partial charge in [-0.3, -0.25) is 9.89 Å². The molecule has 0 spiro atoms. The molecule has 2 atom stereocenters. The Balaban J connectivity index is 1.96. The Morgan fingerprint density at radius 1 is 1.50 bits per heavy atom. The van der Waals surface area contributed by atoms with Gasteiger partial charge in [0.25, 0.3) is 5.91 Å². The predicted octanol–water partition coefficient (Wildman–Crippen LogP) is 1.90. The summed E-state index contributed by atoms with van der Waals surface area (Å²) in [6.07, 6.45) is 4.92. The molecule has 2 heterocycles. The van der Waals surface area contributed by atoms with Crippen LogP contribution in [0.5, 0.6) is 0 Å². The van der Waals surface area contributed by atoms with Crippen LogP contribution in [0.2, 0.25) is 0 Å². The van der Waals surface area contributed by atoms with E-state index in [1.54, 1.807) is 6.20 Å². The Bertz CT molecular complexity index is 619. The van der Waals surface area contributed by atoms with Gasteiger partial charge in [-0.15, -0.1) is 0 Å². The number of amides is 1. The van der Waals surface area contributed by atoms with Crippen molar-refractivity contribution < 1.29 is 4.79 Å². The van der Waals surface area contributed by atoms with Crippen molar-refractivity contribution in [2.75, 3.05) is 6.54 Å². The molecule has 5 heteroatoms. The van der Waals surface area contributed by atoms with Gasteiger partial charge in [-0.05, 0) is 32.3 Å². The number of aromatic nitrogens is 2. The van der Waals surface area contributed by atoms with Gasteiger partial charge in [-0.2, -0.15) is 5.10 Å². The molecular weight excluding hydrogens is 252 g/mol. The molecule has 1 aliphatic heterocycles. The Labute approximate surface area is 118 Å². The third kappa shape index (κ3) is 2.18. The van der Waals surface area contributed by atoms with E-state index in [1.165, 1.54) is 0 Å². The van der Waals surface area contributed by atoms with E-state index in [0.717, 1.165) is 36.7 Å². The highest BCUT2D eigenvalue weighted by molar-refractivity contribution is 6.05. The van der Waals surface area contributed by atoms with Crippen LogP contribution >= 0.6 is 0 Å². The van der Waals surface area contributed by atoms with Gasteiger partial charge in [-0.1, -0.05) is 12.1 Å². The number of para-hydroxylation sites is 1. The van der Waals surface area contributed by atoms with E-state index in [4.69, 9.17) is 5.73 Å². The molecule has 1 fully saturated rings. The number of hydrogen-bond acceptors (Lipinski definition) is 3. The normalized spacial score (nSPS) is 21.1. The Hall–Kier alpha value is -1.88. The third-order valence-electron chi connectivity index (χ3n) is 4.12. The highest BCUT2D eigenvalue weighted by Crippen LogP contribution is 2.24. The average molecular weight is 272 g/mol. The first-order valence-electron chi connectivity index (χ1n) is 7.17. The number of likely N-dealkylation sites (tertiary alicyclic amines) is 1. The van der Waals surface area contributed by atoms with Crippen molar-refractivity contribution in [2.24, 2.45) is 5.73 Å². The predicted molar refractivity (Wildman–Crippen MR) is 78.4 cm³/mol. The molecule has 2 unspecified atom stereocenters. The minimum atomic E-state index is 0.000204. The van der Waals surface area contributed by atoms with Crippen molar-refractivity contribution in [3.63, 3.8) is 0 Å². The first kappa shape index (κ1) is 13.1. The molecule has 2 aromatic rings. The maximum atomic E-state index is 12.8. The van der Waals surface area contributed by atoms with Crippen LogP contribution in [0.4, 0.5) is 0 Å². The van der Waals surface area contributed by atoms with Crippen molar-refractivity contribution in [1.29, 1.82) is 0 Å². The highest BCUT2D eigenvalue weighted by atomic mass is 16.2. The van der Waals surface area contributed by atoms with E-state index in [9.17, 15) is 4.79 Å². The summed E-state index contributed by atoms with van der Waals surface area (Å²) in [5, 5.41) is 7.91. The number of nitrogens with two attached hydrogens (primary N) is 1. The number of nitrogens with one attached hydrogen (secondary N) is 1. The zero-order valence-corrected chi connectivity index (χ0v) is 11.7. The van der Waals surface area contributed by atoms with E-state index >= 15 is 0 Å². The van der Waals surface area contributed by atoms with Crippen LogP contribution in [0.25, 0.3) is 10.9 Å². The van der Waals surface area contributed by atoms with Gasteiger partial charge < -0.3 is 10.6 Å². The fourth-order valence-electron chi connectivity index (χ4n) is 3.06. The molecule has 1 aromatic heterocycles. The van der Waals surface area contributed by atoms with Crippen LogP contribution < -0.4 is 5.73 Å². The lowest BCUT2D eigenvalue weighted by Gasteiger charge is -2.38. The van der Waals surface area contributed by atoms with Gasteiger partial charge in [0.2, 0.25) is 0 Å². The maximum Gasteiger partial charge on any atom is 0.256 e. The van der Waals surface area contributed by atoms with Gasteiger partial charge in [-0.25, -0.2) is 0 Å². The molecule has 5 nitrogen and oxygen atoms in total. The van der Waals surface area contributed by atoms with Gasteiger partial charge in [0, 0.05) is 24.0 Å². The fraction of sp³-hybridized carbons (Fsp3) is 0.467. The molecule has 20 heavy (non-hydrogen) atoms.